The number of nitrogens with one attached hydrogen (secondary N) is 1. The van der Waals surface area contributed by atoms with Crippen molar-refractivity contribution in [3.05, 3.63) is 66.6 Å². The number of aromatic amines is 1. The molecule has 2 aromatic carbocycles. The van der Waals surface area contributed by atoms with Crippen molar-refractivity contribution in [3.8, 4) is 22.4 Å². The molecule has 0 aliphatic carbocycles. The van der Waals surface area contributed by atoms with E-state index >= 15 is 0 Å². The lowest BCUT2D eigenvalue weighted by atomic mass is 10.0. The van der Waals surface area contributed by atoms with Gasteiger partial charge in [0.2, 0.25) is 0 Å². The van der Waals surface area contributed by atoms with Gasteiger partial charge < -0.3 is 10.7 Å². The zero-order valence-electron chi connectivity index (χ0n) is 10.5. The van der Waals surface area contributed by atoms with E-state index in [1.807, 2.05) is 24.4 Å². The quantitative estimate of drug-likeness (QED) is 0.749. The second kappa shape index (κ2) is 5.08. The van der Waals surface area contributed by atoms with Crippen LogP contribution in [0.25, 0.3) is 22.4 Å². The topological polar surface area (TPSA) is 54.7 Å². The minimum atomic E-state index is 0.433. The lowest BCUT2D eigenvalue weighted by Crippen LogP contribution is -1.97. The van der Waals surface area contributed by atoms with Crippen LogP contribution < -0.4 is 5.73 Å². The molecule has 3 N–H and O–H groups in total. The molecule has 0 bridgehead atoms. The number of H-pyrrole nitrogens is 1. The Kier molecular flexibility index (Phi) is 3.12. The third-order valence-corrected chi connectivity index (χ3v) is 3.11. The molecule has 0 aliphatic rings. The van der Waals surface area contributed by atoms with Crippen molar-refractivity contribution in [2.45, 2.75) is 6.54 Å². The first-order valence-electron chi connectivity index (χ1n) is 6.27. The van der Waals surface area contributed by atoms with Crippen molar-refractivity contribution in [1.29, 1.82) is 0 Å². The van der Waals surface area contributed by atoms with Gasteiger partial charge in [-0.15, -0.1) is 0 Å². The number of imidazole rings is 1. The van der Waals surface area contributed by atoms with Crippen LogP contribution in [0.3, 0.4) is 0 Å². The van der Waals surface area contributed by atoms with Crippen molar-refractivity contribution in [3.63, 3.8) is 0 Å². The second-order valence-electron chi connectivity index (χ2n) is 4.38. The maximum atomic E-state index is 5.55. The molecule has 3 nitrogen and oxygen atoms in total. The summed E-state index contributed by atoms with van der Waals surface area (Å²) in [6.07, 6.45) is 1.89. The van der Waals surface area contributed by atoms with E-state index < -0.39 is 0 Å². The number of nitrogens with zero attached hydrogens (tertiary/aromatic N) is 1. The van der Waals surface area contributed by atoms with Crippen LogP contribution in [-0.2, 0) is 6.54 Å². The molecule has 0 spiro atoms. The average molecular weight is 249 g/mol. The summed E-state index contributed by atoms with van der Waals surface area (Å²) in [7, 11) is 0. The minimum absolute atomic E-state index is 0.433. The maximum absolute atomic E-state index is 5.55. The van der Waals surface area contributed by atoms with E-state index in [0.29, 0.717) is 6.54 Å². The fourth-order valence-corrected chi connectivity index (χ4v) is 2.08. The molecule has 3 aromatic rings. The monoisotopic (exact) mass is 249 g/mol. The number of benzene rings is 2. The summed E-state index contributed by atoms with van der Waals surface area (Å²) >= 11 is 0. The molecule has 0 saturated carbocycles. The summed E-state index contributed by atoms with van der Waals surface area (Å²) < 4.78 is 0. The minimum Gasteiger partial charge on any atom is -0.347 e. The molecule has 0 amide bonds. The summed E-state index contributed by atoms with van der Waals surface area (Å²) in [5.74, 6) is 0.808. The predicted molar refractivity (Wildman–Crippen MR) is 77.4 cm³/mol. The molecule has 0 unspecified atom stereocenters. The van der Waals surface area contributed by atoms with E-state index in [9.17, 15) is 0 Å². The summed E-state index contributed by atoms with van der Waals surface area (Å²) in [6, 6.07) is 18.7. The van der Waals surface area contributed by atoms with Gasteiger partial charge in [-0.2, -0.15) is 0 Å². The van der Waals surface area contributed by atoms with E-state index in [1.165, 1.54) is 11.1 Å². The predicted octanol–water partition coefficient (Wildman–Crippen LogP) is 3.20. The Hall–Kier alpha value is -2.39. The molecular weight excluding hydrogens is 234 g/mol. The number of hydrogen-bond donors (Lipinski definition) is 2. The highest BCUT2D eigenvalue weighted by molar-refractivity contribution is 5.68. The van der Waals surface area contributed by atoms with Crippen LogP contribution in [0.1, 0.15) is 5.82 Å². The zero-order valence-corrected chi connectivity index (χ0v) is 10.5. The van der Waals surface area contributed by atoms with Crippen molar-refractivity contribution in [2.75, 3.05) is 0 Å². The fraction of sp³-hybridized carbons (Fsp3) is 0.0625. The Morgan fingerprint density at radius 3 is 2.11 bits per heavy atom. The molecule has 0 saturated heterocycles. The zero-order chi connectivity index (χ0) is 13.1. The Balaban J connectivity index is 1.90. The highest BCUT2D eigenvalue weighted by atomic mass is 14.9. The second-order valence-corrected chi connectivity index (χ2v) is 4.38. The van der Waals surface area contributed by atoms with Crippen molar-refractivity contribution < 1.29 is 0 Å². The lowest BCUT2D eigenvalue weighted by Gasteiger charge is -2.02. The Labute approximate surface area is 112 Å². The first-order chi connectivity index (χ1) is 9.36. The normalized spacial score (nSPS) is 10.6. The van der Waals surface area contributed by atoms with Gasteiger partial charge in [0.25, 0.3) is 0 Å². The number of aromatic nitrogens is 2. The summed E-state index contributed by atoms with van der Waals surface area (Å²) in [6.45, 7) is 0.433. The van der Waals surface area contributed by atoms with Crippen LogP contribution >= 0.6 is 0 Å². The highest BCUT2D eigenvalue weighted by Gasteiger charge is 2.03. The molecule has 0 atom stereocenters. The Morgan fingerprint density at radius 1 is 0.842 bits per heavy atom. The molecule has 0 radical (unpaired) electrons. The molecular formula is C16H15N3. The van der Waals surface area contributed by atoms with E-state index in [1.54, 1.807) is 0 Å². The number of hydrogen-bond acceptors (Lipinski definition) is 2. The van der Waals surface area contributed by atoms with Gasteiger partial charge >= 0.3 is 0 Å². The third kappa shape index (κ3) is 2.41. The molecule has 3 heteroatoms. The smallest absolute Gasteiger partial charge is 0.120 e. The SMILES string of the molecule is NCc1nc(-c2ccc(-c3ccccc3)cc2)c[nH]1. The van der Waals surface area contributed by atoms with Crippen LogP contribution in [0.5, 0.6) is 0 Å². The summed E-state index contributed by atoms with van der Waals surface area (Å²) in [5, 5.41) is 0. The van der Waals surface area contributed by atoms with E-state index in [4.69, 9.17) is 5.73 Å². The highest BCUT2D eigenvalue weighted by Crippen LogP contribution is 2.23. The van der Waals surface area contributed by atoms with Crippen LogP contribution in [-0.4, -0.2) is 9.97 Å². The molecule has 1 aromatic heterocycles. The number of rotatable bonds is 3. The lowest BCUT2D eigenvalue weighted by molar-refractivity contribution is 0.950. The van der Waals surface area contributed by atoms with Crippen molar-refractivity contribution >= 4 is 0 Å². The maximum Gasteiger partial charge on any atom is 0.120 e. The van der Waals surface area contributed by atoms with Gasteiger partial charge in [0.05, 0.1) is 12.2 Å². The molecule has 0 aliphatic heterocycles. The first-order valence-corrected chi connectivity index (χ1v) is 6.27. The van der Waals surface area contributed by atoms with E-state index in [0.717, 1.165) is 17.1 Å². The average Bonchev–Trinajstić information content (AvgIpc) is 2.97. The van der Waals surface area contributed by atoms with Gasteiger partial charge in [0.1, 0.15) is 5.82 Å². The van der Waals surface area contributed by atoms with Crippen LogP contribution in [0, 0.1) is 0 Å². The fourth-order valence-electron chi connectivity index (χ4n) is 2.08. The molecule has 94 valence electrons. The van der Waals surface area contributed by atoms with Gasteiger partial charge in [-0.1, -0.05) is 54.6 Å². The summed E-state index contributed by atoms with van der Waals surface area (Å²) in [5.41, 5.74) is 10.00. The third-order valence-electron chi connectivity index (χ3n) is 3.11. The molecule has 3 rings (SSSR count). The van der Waals surface area contributed by atoms with Gasteiger partial charge in [0, 0.05) is 11.8 Å². The van der Waals surface area contributed by atoms with Crippen molar-refractivity contribution in [1.82, 2.24) is 9.97 Å². The van der Waals surface area contributed by atoms with Gasteiger partial charge in [-0.3, -0.25) is 0 Å². The van der Waals surface area contributed by atoms with Crippen LogP contribution in [0.15, 0.2) is 60.8 Å². The van der Waals surface area contributed by atoms with Gasteiger partial charge in [0.15, 0.2) is 0 Å². The Bertz CT molecular complexity index is 654. The summed E-state index contributed by atoms with van der Waals surface area (Å²) in [4.78, 5) is 7.48. The van der Waals surface area contributed by atoms with Crippen molar-refractivity contribution in [2.24, 2.45) is 5.73 Å². The standard InChI is InChI=1S/C16H15N3/c17-10-16-18-11-15(19-16)14-8-6-13(7-9-14)12-4-2-1-3-5-12/h1-9,11H,10,17H2,(H,18,19). The van der Waals surface area contributed by atoms with E-state index in [2.05, 4.69) is 46.4 Å². The largest absolute Gasteiger partial charge is 0.347 e. The van der Waals surface area contributed by atoms with Gasteiger partial charge in [-0.05, 0) is 11.1 Å². The van der Waals surface area contributed by atoms with Crippen LogP contribution in [0.4, 0.5) is 0 Å². The molecule has 0 fully saturated rings. The molecule has 1 heterocycles. The van der Waals surface area contributed by atoms with Gasteiger partial charge in [-0.25, -0.2) is 4.98 Å². The molecule has 19 heavy (non-hydrogen) atoms. The van der Waals surface area contributed by atoms with E-state index in [-0.39, 0.29) is 0 Å². The Morgan fingerprint density at radius 2 is 1.47 bits per heavy atom. The first kappa shape index (κ1) is 11.7. The number of nitrogens with two attached hydrogens (primary N) is 1. The van der Waals surface area contributed by atoms with Crippen LogP contribution in [0.2, 0.25) is 0 Å².